The second-order valence-corrected chi connectivity index (χ2v) is 4.54. The lowest BCUT2D eigenvalue weighted by molar-refractivity contribution is 0.0282. The highest BCUT2D eigenvalue weighted by molar-refractivity contribution is 5.71. The average molecular weight is 262 g/mol. The van der Waals surface area contributed by atoms with Gasteiger partial charge in [0.25, 0.3) is 0 Å². The Balaban J connectivity index is 1.76. The summed E-state index contributed by atoms with van der Waals surface area (Å²) in [4.78, 5) is 12.1. The quantitative estimate of drug-likeness (QED) is 0.856. The van der Waals surface area contributed by atoms with Crippen LogP contribution in [0.15, 0.2) is 12.1 Å². The van der Waals surface area contributed by atoms with Crippen molar-refractivity contribution in [1.82, 2.24) is 20.3 Å². The number of morpholine rings is 1. The summed E-state index contributed by atoms with van der Waals surface area (Å²) in [7, 11) is 0. The predicted octanol–water partition coefficient (Wildman–Crippen LogP) is 0.887. The van der Waals surface area contributed by atoms with Gasteiger partial charge in [-0.3, -0.25) is 0 Å². The molecular formula is C13H18N4O2. The lowest BCUT2D eigenvalue weighted by atomic mass is 10.2. The van der Waals surface area contributed by atoms with Gasteiger partial charge in [0, 0.05) is 25.6 Å². The minimum Gasteiger partial charge on any atom is -0.478 e. The highest BCUT2D eigenvalue weighted by Gasteiger charge is 2.16. The van der Waals surface area contributed by atoms with E-state index >= 15 is 0 Å². The predicted molar refractivity (Wildman–Crippen MR) is 71.4 cm³/mol. The average Bonchev–Trinajstić information content (AvgIpc) is 2.82. The molecule has 1 saturated heterocycles. The third-order valence-corrected chi connectivity index (χ3v) is 3.09. The molecule has 0 bridgehead atoms. The van der Waals surface area contributed by atoms with Crippen LogP contribution in [0.5, 0.6) is 5.88 Å². The number of H-pyrrole nitrogens is 1. The first-order valence-electron chi connectivity index (χ1n) is 6.66. The minimum absolute atomic E-state index is 0.181. The van der Waals surface area contributed by atoms with Gasteiger partial charge in [0.1, 0.15) is 5.82 Å². The molecule has 102 valence electrons. The number of nitrogens with one attached hydrogen (secondary N) is 2. The van der Waals surface area contributed by atoms with E-state index in [1.165, 1.54) is 0 Å². The molecule has 0 saturated carbocycles. The molecule has 0 amide bonds. The largest absolute Gasteiger partial charge is 0.478 e. The van der Waals surface area contributed by atoms with E-state index in [1.807, 2.05) is 19.1 Å². The van der Waals surface area contributed by atoms with Gasteiger partial charge in [-0.05, 0) is 13.0 Å². The molecule has 0 spiro atoms. The van der Waals surface area contributed by atoms with Crippen LogP contribution in [0.3, 0.4) is 0 Å². The molecule has 2 aromatic heterocycles. The molecule has 3 rings (SSSR count). The zero-order valence-corrected chi connectivity index (χ0v) is 11.0. The fourth-order valence-electron chi connectivity index (χ4n) is 2.22. The van der Waals surface area contributed by atoms with Gasteiger partial charge in [-0.2, -0.15) is 4.98 Å². The Morgan fingerprint density at radius 2 is 2.37 bits per heavy atom. The topological polar surface area (TPSA) is 72.1 Å². The van der Waals surface area contributed by atoms with Crippen molar-refractivity contribution in [3.05, 3.63) is 18.0 Å². The van der Waals surface area contributed by atoms with Gasteiger partial charge in [-0.1, -0.05) is 0 Å². The molecule has 0 aliphatic carbocycles. The summed E-state index contributed by atoms with van der Waals surface area (Å²) in [5, 5.41) is 3.31. The van der Waals surface area contributed by atoms with Gasteiger partial charge in [0.2, 0.25) is 5.88 Å². The van der Waals surface area contributed by atoms with Gasteiger partial charge in [-0.25, -0.2) is 4.98 Å². The van der Waals surface area contributed by atoms with E-state index in [-0.39, 0.29) is 6.10 Å². The smallest absolute Gasteiger partial charge is 0.215 e. The van der Waals surface area contributed by atoms with Crippen LogP contribution in [0.4, 0.5) is 0 Å². The molecule has 1 fully saturated rings. The zero-order chi connectivity index (χ0) is 13.1. The van der Waals surface area contributed by atoms with Crippen molar-refractivity contribution in [2.75, 3.05) is 26.3 Å². The SMILES string of the molecule is CCOc1ccc2[nH]c(CC3CNCCO3)nc2n1. The van der Waals surface area contributed by atoms with E-state index in [1.54, 1.807) is 0 Å². The van der Waals surface area contributed by atoms with E-state index in [4.69, 9.17) is 9.47 Å². The molecule has 1 aliphatic heterocycles. The Bertz CT molecular complexity index is 549. The zero-order valence-electron chi connectivity index (χ0n) is 11.0. The van der Waals surface area contributed by atoms with E-state index in [2.05, 4.69) is 20.3 Å². The molecular weight excluding hydrogens is 244 g/mol. The molecule has 3 heterocycles. The molecule has 19 heavy (non-hydrogen) atoms. The van der Waals surface area contributed by atoms with Crippen LogP contribution < -0.4 is 10.1 Å². The molecule has 0 radical (unpaired) electrons. The van der Waals surface area contributed by atoms with Crippen LogP contribution in [-0.2, 0) is 11.2 Å². The summed E-state index contributed by atoms with van der Waals surface area (Å²) in [6.07, 6.45) is 0.952. The molecule has 1 unspecified atom stereocenters. The Morgan fingerprint density at radius 1 is 1.42 bits per heavy atom. The van der Waals surface area contributed by atoms with Gasteiger partial charge >= 0.3 is 0 Å². The molecule has 1 atom stereocenters. The van der Waals surface area contributed by atoms with Crippen molar-refractivity contribution < 1.29 is 9.47 Å². The number of aromatic amines is 1. The van der Waals surface area contributed by atoms with E-state index in [0.717, 1.165) is 37.5 Å². The number of aromatic nitrogens is 3. The lowest BCUT2D eigenvalue weighted by Gasteiger charge is -2.22. The second-order valence-electron chi connectivity index (χ2n) is 4.54. The summed E-state index contributed by atoms with van der Waals surface area (Å²) in [6.45, 7) is 5.11. The maximum Gasteiger partial charge on any atom is 0.215 e. The van der Waals surface area contributed by atoms with Crippen LogP contribution in [-0.4, -0.2) is 47.4 Å². The Hall–Kier alpha value is -1.66. The Kier molecular flexibility index (Phi) is 3.61. The van der Waals surface area contributed by atoms with E-state index in [9.17, 15) is 0 Å². The van der Waals surface area contributed by atoms with Crippen molar-refractivity contribution in [2.45, 2.75) is 19.4 Å². The van der Waals surface area contributed by atoms with E-state index < -0.39 is 0 Å². The fourth-order valence-corrected chi connectivity index (χ4v) is 2.22. The molecule has 6 nitrogen and oxygen atoms in total. The fraction of sp³-hybridized carbons (Fsp3) is 0.538. The summed E-state index contributed by atoms with van der Waals surface area (Å²) >= 11 is 0. The Morgan fingerprint density at radius 3 is 3.16 bits per heavy atom. The molecule has 2 aromatic rings. The number of imidazole rings is 1. The number of ether oxygens (including phenoxy) is 2. The molecule has 1 aliphatic rings. The number of nitrogens with zero attached hydrogens (tertiary/aromatic N) is 2. The van der Waals surface area contributed by atoms with Gasteiger partial charge in [0.15, 0.2) is 5.65 Å². The van der Waals surface area contributed by atoms with Crippen LogP contribution in [0, 0.1) is 0 Å². The normalized spacial score (nSPS) is 19.7. The third-order valence-electron chi connectivity index (χ3n) is 3.09. The number of hydrogen-bond donors (Lipinski definition) is 2. The number of pyridine rings is 1. The summed E-state index contributed by atoms with van der Waals surface area (Å²) in [5.74, 6) is 1.52. The highest BCUT2D eigenvalue weighted by atomic mass is 16.5. The van der Waals surface area contributed by atoms with Crippen LogP contribution >= 0.6 is 0 Å². The summed E-state index contributed by atoms with van der Waals surface area (Å²) in [5.41, 5.74) is 1.63. The highest BCUT2D eigenvalue weighted by Crippen LogP contribution is 2.15. The van der Waals surface area contributed by atoms with Crippen molar-refractivity contribution in [3.8, 4) is 5.88 Å². The molecule has 2 N–H and O–H groups in total. The minimum atomic E-state index is 0.181. The van der Waals surface area contributed by atoms with Crippen LogP contribution in [0.2, 0.25) is 0 Å². The third kappa shape index (κ3) is 2.85. The Labute approximate surface area is 111 Å². The van der Waals surface area contributed by atoms with Crippen molar-refractivity contribution in [1.29, 1.82) is 0 Å². The molecule has 0 aromatic carbocycles. The maximum atomic E-state index is 5.67. The van der Waals surface area contributed by atoms with Crippen molar-refractivity contribution >= 4 is 11.2 Å². The monoisotopic (exact) mass is 262 g/mol. The number of fused-ring (bicyclic) bond motifs is 1. The summed E-state index contributed by atoms with van der Waals surface area (Å²) in [6, 6.07) is 3.80. The van der Waals surface area contributed by atoms with Crippen molar-refractivity contribution in [3.63, 3.8) is 0 Å². The second kappa shape index (κ2) is 5.54. The van der Waals surface area contributed by atoms with Crippen molar-refractivity contribution in [2.24, 2.45) is 0 Å². The standard InChI is InChI=1S/C13H18N4O2/c1-2-18-12-4-3-10-13(17-12)16-11(15-10)7-9-8-14-5-6-19-9/h3-4,9,14H,2,5-8H2,1H3,(H,15,16,17). The van der Waals surface area contributed by atoms with Crippen LogP contribution in [0.25, 0.3) is 11.2 Å². The lowest BCUT2D eigenvalue weighted by Crippen LogP contribution is -2.39. The van der Waals surface area contributed by atoms with E-state index in [0.29, 0.717) is 18.1 Å². The number of rotatable bonds is 4. The van der Waals surface area contributed by atoms with Crippen LogP contribution in [0.1, 0.15) is 12.7 Å². The first-order chi connectivity index (χ1) is 9.35. The molecule has 6 heteroatoms. The maximum absolute atomic E-state index is 5.67. The summed E-state index contributed by atoms with van der Waals surface area (Å²) < 4.78 is 11.0. The van der Waals surface area contributed by atoms with Gasteiger partial charge in [-0.15, -0.1) is 0 Å². The van der Waals surface area contributed by atoms with Gasteiger partial charge < -0.3 is 19.8 Å². The first-order valence-corrected chi connectivity index (χ1v) is 6.66. The first kappa shape index (κ1) is 12.4. The number of hydrogen-bond acceptors (Lipinski definition) is 5. The van der Waals surface area contributed by atoms with Gasteiger partial charge in [0.05, 0.1) is 24.8 Å².